The standard InChI is InChI=1S/C23H38O4/c1-3-4-5-6-8-17(2)27-20-12-13-21(23(26)16-20)22-15-19(25)11-10-18(22)9-7-14-24/h12-13,16-19,22,24-26H,3-11,14-15H2,1-2H3/t17?,18-,19-,22-/m1/s1. The molecular formula is C23H38O4. The quantitative estimate of drug-likeness (QED) is 0.466. The van der Waals surface area contributed by atoms with Gasteiger partial charge in [0, 0.05) is 12.7 Å². The summed E-state index contributed by atoms with van der Waals surface area (Å²) in [7, 11) is 0. The molecule has 1 aromatic carbocycles. The molecule has 4 nitrogen and oxygen atoms in total. The van der Waals surface area contributed by atoms with Crippen molar-refractivity contribution in [2.24, 2.45) is 5.92 Å². The van der Waals surface area contributed by atoms with E-state index in [4.69, 9.17) is 9.84 Å². The van der Waals surface area contributed by atoms with E-state index < -0.39 is 0 Å². The minimum Gasteiger partial charge on any atom is -0.508 e. The number of aliphatic hydroxyl groups excluding tert-OH is 2. The summed E-state index contributed by atoms with van der Waals surface area (Å²) >= 11 is 0. The molecule has 4 heteroatoms. The van der Waals surface area contributed by atoms with Crippen molar-refractivity contribution in [3.05, 3.63) is 23.8 Å². The summed E-state index contributed by atoms with van der Waals surface area (Å²) in [5.41, 5.74) is 0.902. The lowest BCUT2D eigenvalue weighted by Gasteiger charge is -2.35. The van der Waals surface area contributed by atoms with Gasteiger partial charge >= 0.3 is 0 Å². The van der Waals surface area contributed by atoms with E-state index in [-0.39, 0.29) is 30.5 Å². The number of hydrogen-bond acceptors (Lipinski definition) is 4. The van der Waals surface area contributed by atoms with Gasteiger partial charge in [-0.1, -0.05) is 32.3 Å². The first-order chi connectivity index (χ1) is 13.0. The van der Waals surface area contributed by atoms with E-state index in [2.05, 4.69) is 13.8 Å². The number of aromatic hydroxyl groups is 1. The first-order valence-electron chi connectivity index (χ1n) is 10.8. The molecule has 1 aromatic rings. The Balaban J connectivity index is 1.99. The van der Waals surface area contributed by atoms with Gasteiger partial charge in [0.05, 0.1) is 12.2 Å². The van der Waals surface area contributed by atoms with Gasteiger partial charge < -0.3 is 20.1 Å². The van der Waals surface area contributed by atoms with E-state index in [1.807, 2.05) is 12.1 Å². The predicted octanol–water partition coefficient (Wildman–Crippen LogP) is 5.15. The Labute approximate surface area is 164 Å². The molecule has 1 saturated carbocycles. The van der Waals surface area contributed by atoms with Crippen LogP contribution in [0.4, 0.5) is 0 Å². The van der Waals surface area contributed by atoms with Crippen LogP contribution < -0.4 is 4.74 Å². The Bertz CT molecular complexity index is 543. The number of rotatable bonds is 11. The second kappa shape index (κ2) is 11.6. The molecule has 0 spiro atoms. The summed E-state index contributed by atoms with van der Waals surface area (Å²) in [5, 5.41) is 29.9. The highest BCUT2D eigenvalue weighted by atomic mass is 16.5. The third kappa shape index (κ3) is 7.00. The number of aliphatic hydroxyl groups is 2. The van der Waals surface area contributed by atoms with Gasteiger partial charge in [0.15, 0.2) is 0 Å². The molecule has 1 unspecified atom stereocenters. The summed E-state index contributed by atoms with van der Waals surface area (Å²) < 4.78 is 5.99. The van der Waals surface area contributed by atoms with Crippen molar-refractivity contribution in [3.8, 4) is 11.5 Å². The van der Waals surface area contributed by atoms with E-state index in [0.717, 1.165) is 37.7 Å². The van der Waals surface area contributed by atoms with Gasteiger partial charge in [-0.3, -0.25) is 0 Å². The average molecular weight is 379 g/mol. The van der Waals surface area contributed by atoms with E-state index in [0.29, 0.717) is 18.1 Å². The van der Waals surface area contributed by atoms with Gasteiger partial charge in [0.1, 0.15) is 11.5 Å². The average Bonchev–Trinajstić information content (AvgIpc) is 2.64. The largest absolute Gasteiger partial charge is 0.508 e. The van der Waals surface area contributed by atoms with E-state index >= 15 is 0 Å². The van der Waals surface area contributed by atoms with Gasteiger partial charge in [0.25, 0.3) is 0 Å². The Morgan fingerprint density at radius 2 is 1.96 bits per heavy atom. The zero-order valence-corrected chi connectivity index (χ0v) is 17.1. The normalized spacial score (nSPS) is 23.9. The van der Waals surface area contributed by atoms with Crippen molar-refractivity contribution in [2.45, 2.75) is 96.2 Å². The Hall–Kier alpha value is -1.26. The van der Waals surface area contributed by atoms with Crippen LogP contribution in [-0.4, -0.2) is 34.1 Å². The Morgan fingerprint density at radius 1 is 1.15 bits per heavy atom. The van der Waals surface area contributed by atoms with Gasteiger partial charge in [-0.2, -0.15) is 0 Å². The molecule has 0 amide bonds. The van der Waals surface area contributed by atoms with Gasteiger partial charge in [-0.15, -0.1) is 0 Å². The fourth-order valence-corrected chi connectivity index (χ4v) is 4.35. The monoisotopic (exact) mass is 378 g/mol. The third-order valence-corrected chi connectivity index (χ3v) is 5.90. The Morgan fingerprint density at radius 3 is 2.67 bits per heavy atom. The highest BCUT2D eigenvalue weighted by Gasteiger charge is 2.32. The topological polar surface area (TPSA) is 69.9 Å². The van der Waals surface area contributed by atoms with Crippen LogP contribution in [0.1, 0.15) is 89.5 Å². The Kier molecular flexibility index (Phi) is 9.43. The molecule has 0 heterocycles. The molecule has 0 bridgehead atoms. The fraction of sp³-hybridized carbons (Fsp3) is 0.739. The van der Waals surface area contributed by atoms with Crippen LogP contribution in [0.3, 0.4) is 0 Å². The zero-order chi connectivity index (χ0) is 19.6. The number of unbranched alkanes of at least 4 members (excludes halogenated alkanes) is 3. The zero-order valence-electron chi connectivity index (χ0n) is 17.1. The smallest absolute Gasteiger partial charge is 0.123 e. The van der Waals surface area contributed by atoms with Crippen molar-refractivity contribution >= 4 is 0 Å². The van der Waals surface area contributed by atoms with Crippen molar-refractivity contribution < 1.29 is 20.1 Å². The van der Waals surface area contributed by atoms with Gasteiger partial charge in [0.2, 0.25) is 0 Å². The highest BCUT2D eigenvalue weighted by Crippen LogP contribution is 2.44. The lowest BCUT2D eigenvalue weighted by atomic mass is 9.72. The van der Waals surface area contributed by atoms with Crippen LogP contribution in [0.15, 0.2) is 18.2 Å². The number of benzene rings is 1. The molecule has 27 heavy (non-hydrogen) atoms. The number of phenols is 1. The van der Waals surface area contributed by atoms with Crippen LogP contribution in [-0.2, 0) is 0 Å². The fourth-order valence-electron chi connectivity index (χ4n) is 4.35. The van der Waals surface area contributed by atoms with E-state index in [1.54, 1.807) is 6.07 Å². The van der Waals surface area contributed by atoms with Gasteiger partial charge in [-0.25, -0.2) is 0 Å². The molecule has 3 N–H and O–H groups in total. The maximum atomic E-state index is 10.6. The summed E-state index contributed by atoms with van der Waals surface area (Å²) in [6.45, 7) is 4.49. The van der Waals surface area contributed by atoms with Crippen LogP contribution in [0.25, 0.3) is 0 Å². The number of ether oxygens (including phenoxy) is 1. The molecular weight excluding hydrogens is 340 g/mol. The summed E-state index contributed by atoms with van der Waals surface area (Å²) in [4.78, 5) is 0. The van der Waals surface area contributed by atoms with Gasteiger partial charge in [-0.05, 0) is 75.3 Å². The molecule has 4 atom stereocenters. The maximum absolute atomic E-state index is 10.6. The predicted molar refractivity (Wildman–Crippen MR) is 109 cm³/mol. The summed E-state index contributed by atoms with van der Waals surface area (Å²) in [6.07, 6.45) is 9.92. The van der Waals surface area contributed by atoms with Crippen LogP contribution in [0.5, 0.6) is 11.5 Å². The van der Waals surface area contributed by atoms with E-state index in [1.165, 1.54) is 25.7 Å². The lowest BCUT2D eigenvalue weighted by molar-refractivity contribution is 0.0879. The molecule has 1 aliphatic carbocycles. The van der Waals surface area contributed by atoms with E-state index in [9.17, 15) is 10.2 Å². The van der Waals surface area contributed by atoms with Crippen molar-refractivity contribution in [3.63, 3.8) is 0 Å². The molecule has 154 valence electrons. The molecule has 0 aliphatic heterocycles. The van der Waals surface area contributed by atoms with Crippen LogP contribution >= 0.6 is 0 Å². The minimum atomic E-state index is -0.307. The second-order valence-electron chi connectivity index (χ2n) is 8.20. The molecule has 0 radical (unpaired) electrons. The lowest BCUT2D eigenvalue weighted by Crippen LogP contribution is -2.26. The first-order valence-corrected chi connectivity index (χ1v) is 10.8. The molecule has 1 fully saturated rings. The molecule has 0 saturated heterocycles. The number of phenolic OH excluding ortho intramolecular Hbond substituents is 1. The summed E-state index contributed by atoms with van der Waals surface area (Å²) in [5.74, 6) is 1.51. The second-order valence-corrected chi connectivity index (χ2v) is 8.20. The summed E-state index contributed by atoms with van der Waals surface area (Å²) in [6, 6.07) is 5.63. The SMILES string of the molecule is CCCCCCC(C)Oc1ccc([C@@H]2C[C@H](O)CC[C@H]2CCCO)c(O)c1. The van der Waals surface area contributed by atoms with Crippen molar-refractivity contribution in [2.75, 3.05) is 6.61 Å². The third-order valence-electron chi connectivity index (χ3n) is 5.90. The molecule has 1 aliphatic rings. The minimum absolute atomic E-state index is 0.140. The molecule has 2 rings (SSSR count). The van der Waals surface area contributed by atoms with Crippen LogP contribution in [0.2, 0.25) is 0 Å². The first kappa shape index (κ1) is 22.0. The van der Waals surface area contributed by atoms with Crippen LogP contribution in [0, 0.1) is 5.92 Å². The van der Waals surface area contributed by atoms with Crippen molar-refractivity contribution in [1.82, 2.24) is 0 Å². The number of hydrogen-bond donors (Lipinski definition) is 3. The maximum Gasteiger partial charge on any atom is 0.123 e. The van der Waals surface area contributed by atoms with Crippen molar-refractivity contribution in [1.29, 1.82) is 0 Å². The highest BCUT2D eigenvalue weighted by molar-refractivity contribution is 5.42. The molecule has 0 aromatic heterocycles.